The average Bonchev–Trinajstić information content (AvgIpc) is 3.12. The standard InChI is InChI=1S/C12H12BrCl2NO3S/c1-2-16(7-3-4-7)12(17)8-5-11(20(15,18)19)9(13)6-10(8)14/h5-7H,2-4H2,1H3. The lowest BCUT2D eigenvalue weighted by atomic mass is 10.2. The molecule has 1 aromatic rings. The van der Waals surface area contributed by atoms with Crippen LogP contribution in [0.25, 0.3) is 0 Å². The van der Waals surface area contributed by atoms with Crippen LogP contribution in [0.1, 0.15) is 30.1 Å². The second kappa shape index (κ2) is 5.83. The number of carbonyl (C=O) groups excluding carboxylic acids is 1. The van der Waals surface area contributed by atoms with E-state index in [1.807, 2.05) is 6.92 Å². The van der Waals surface area contributed by atoms with E-state index in [0.717, 1.165) is 12.8 Å². The molecule has 0 atom stereocenters. The first-order valence-corrected chi connectivity index (χ1v) is 9.48. The largest absolute Gasteiger partial charge is 0.336 e. The lowest BCUT2D eigenvalue weighted by Crippen LogP contribution is -2.33. The van der Waals surface area contributed by atoms with E-state index in [0.29, 0.717) is 6.54 Å². The normalized spacial score (nSPS) is 15.2. The summed E-state index contributed by atoms with van der Waals surface area (Å²) in [4.78, 5) is 14.0. The van der Waals surface area contributed by atoms with Crippen molar-refractivity contribution in [3.8, 4) is 0 Å². The van der Waals surface area contributed by atoms with Crippen LogP contribution >= 0.6 is 38.2 Å². The first-order chi connectivity index (χ1) is 9.25. The quantitative estimate of drug-likeness (QED) is 0.724. The number of hydrogen-bond acceptors (Lipinski definition) is 3. The van der Waals surface area contributed by atoms with Crippen LogP contribution in [0.5, 0.6) is 0 Å². The van der Waals surface area contributed by atoms with Crippen LogP contribution < -0.4 is 0 Å². The Labute approximate surface area is 135 Å². The van der Waals surface area contributed by atoms with Crippen LogP contribution in [0.15, 0.2) is 21.5 Å². The topological polar surface area (TPSA) is 54.5 Å². The number of halogens is 3. The molecule has 0 saturated heterocycles. The summed E-state index contributed by atoms with van der Waals surface area (Å²) >= 11 is 9.15. The summed E-state index contributed by atoms with van der Waals surface area (Å²) in [5.74, 6) is -0.269. The van der Waals surface area contributed by atoms with Gasteiger partial charge in [-0.05, 0) is 47.8 Å². The number of nitrogens with zero attached hydrogens (tertiary/aromatic N) is 1. The van der Waals surface area contributed by atoms with Gasteiger partial charge in [0, 0.05) is 27.7 Å². The Hall–Kier alpha value is -0.300. The van der Waals surface area contributed by atoms with E-state index in [4.69, 9.17) is 22.3 Å². The van der Waals surface area contributed by atoms with Crippen molar-refractivity contribution in [1.82, 2.24) is 4.90 Å². The molecular weight excluding hydrogens is 389 g/mol. The van der Waals surface area contributed by atoms with E-state index in [1.54, 1.807) is 4.90 Å². The Morgan fingerprint density at radius 2 is 2.05 bits per heavy atom. The van der Waals surface area contributed by atoms with Crippen molar-refractivity contribution < 1.29 is 13.2 Å². The van der Waals surface area contributed by atoms with Crippen LogP contribution in [0.3, 0.4) is 0 Å². The molecular formula is C12H12BrCl2NO3S. The number of hydrogen-bond donors (Lipinski definition) is 0. The summed E-state index contributed by atoms with van der Waals surface area (Å²) in [6.07, 6.45) is 1.93. The van der Waals surface area contributed by atoms with E-state index in [1.165, 1.54) is 12.1 Å². The van der Waals surface area contributed by atoms with Crippen LogP contribution in [-0.4, -0.2) is 31.8 Å². The van der Waals surface area contributed by atoms with E-state index >= 15 is 0 Å². The van der Waals surface area contributed by atoms with Crippen molar-refractivity contribution in [3.05, 3.63) is 27.2 Å². The SMILES string of the molecule is CCN(C(=O)c1cc(S(=O)(=O)Cl)c(Br)cc1Cl)C1CC1. The Morgan fingerprint density at radius 1 is 1.45 bits per heavy atom. The van der Waals surface area contributed by atoms with Gasteiger partial charge in [-0.15, -0.1) is 0 Å². The van der Waals surface area contributed by atoms with Gasteiger partial charge in [0.25, 0.3) is 15.0 Å². The zero-order valence-corrected chi connectivity index (χ0v) is 14.5. The molecule has 1 aliphatic rings. The number of benzene rings is 1. The van der Waals surface area contributed by atoms with Gasteiger partial charge in [0.15, 0.2) is 0 Å². The monoisotopic (exact) mass is 399 g/mol. The fourth-order valence-corrected chi connectivity index (χ4v) is 4.56. The molecule has 2 rings (SSSR count). The van der Waals surface area contributed by atoms with Crippen molar-refractivity contribution in [1.29, 1.82) is 0 Å². The highest BCUT2D eigenvalue weighted by atomic mass is 79.9. The zero-order chi connectivity index (χ0) is 15.1. The Bertz CT molecular complexity index is 659. The van der Waals surface area contributed by atoms with Gasteiger partial charge in [-0.3, -0.25) is 4.79 Å². The van der Waals surface area contributed by atoms with Gasteiger partial charge in [-0.2, -0.15) is 0 Å². The molecule has 110 valence electrons. The van der Waals surface area contributed by atoms with Gasteiger partial charge < -0.3 is 4.90 Å². The minimum Gasteiger partial charge on any atom is -0.336 e. The van der Waals surface area contributed by atoms with E-state index < -0.39 is 9.05 Å². The van der Waals surface area contributed by atoms with Gasteiger partial charge in [0.1, 0.15) is 0 Å². The van der Waals surface area contributed by atoms with Crippen molar-refractivity contribution >= 4 is 53.2 Å². The summed E-state index contributed by atoms with van der Waals surface area (Å²) in [5.41, 5.74) is 0.155. The molecule has 1 saturated carbocycles. The lowest BCUT2D eigenvalue weighted by Gasteiger charge is -2.21. The summed E-state index contributed by atoms with van der Waals surface area (Å²) < 4.78 is 23.2. The molecule has 0 heterocycles. The number of rotatable bonds is 4. The van der Waals surface area contributed by atoms with Crippen molar-refractivity contribution in [2.75, 3.05) is 6.54 Å². The maximum absolute atomic E-state index is 12.5. The van der Waals surface area contributed by atoms with Crippen LogP contribution in [0, 0.1) is 0 Å². The van der Waals surface area contributed by atoms with Crippen LogP contribution in [-0.2, 0) is 9.05 Å². The average molecular weight is 401 g/mol. The second-order valence-electron chi connectivity index (χ2n) is 4.52. The van der Waals surface area contributed by atoms with E-state index in [9.17, 15) is 13.2 Å². The minimum atomic E-state index is -3.95. The third kappa shape index (κ3) is 3.30. The van der Waals surface area contributed by atoms with Gasteiger partial charge in [0.05, 0.1) is 15.5 Å². The van der Waals surface area contributed by atoms with Gasteiger partial charge in [-0.1, -0.05) is 11.6 Å². The first-order valence-electron chi connectivity index (χ1n) is 6.00. The summed E-state index contributed by atoms with van der Waals surface area (Å²) in [6, 6.07) is 2.83. The maximum Gasteiger partial charge on any atom is 0.262 e. The molecule has 1 aliphatic carbocycles. The number of amides is 1. The first kappa shape index (κ1) is 16.1. The van der Waals surface area contributed by atoms with Crippen LogP contribution in [0.2, 0.25) is 5.02 Å². The minimum absolute atomic E-state index is 0.154. The molecule has 1 amide bonds. The Kier molecular flexibility index (Phi) is 4.69. The molecule has 0 aliphatic heterocycles. The lowest BCUT2D eigenvalue weighted by molar-refractivity contribution is 0.0752. The molecule has 0 spiro atoms. The Morgan fingerprint density at radius 3 is 2.50 bits per heavy atom. The number of carbonyl (C=O) groups is 1. The molecule has 0 radical (unpaired) electrons. The molecule has 0 aromatic heterocycles. The second-order valence-corrected chi connectivity index (χ2v) is 8.32. The molecule has 20 heavy (non-hydrogen) atoms. The fourth-order valence-electron chi connectivity index (χ4n) is 1.99. The van der Waals surface area contributed by atoms with E-state index in [2.05, 4.69) is 15.9 Å². The molecule has 1 aromatic carbocycles. The summed E-state index contributed by atoms with van der Waals surface area (Å²) in [5, 5.41) is 0.199. The molecule has 0 N–H and O–H groups in total. The van der Waals surface area contributed by atoms with Gasteiger partial charge in [0.2, 0.25) is 0 Å². The highest BCUT2D eigenvalue weighted by Crippen LogP contribution is 2.34. The maximum atomic E-state index is 12.5. The Balaban J connectivity index is 2.48. The van der Waals surface area contributed by atoms with Crippen molar-refractivity contribution in [3.63, 3.8) is 0 Å². The summed E-state index contributed by atoms with van der Waals surface area (Å²) in [6.45, 7) is 2.43. The highest BCUT2D eigenvalue weighted by molar-refractivity contribution is 9.10. The predicted molar refractivity (Wildman–Crippen MR) is 81.9 cm³/mol. The van der Waals surface area contributed by atoms with Crippen molar-refractivity contribution in [2.24, 2.45) is 0 Å². The highest BCUT2D eigenvalue weighted by Gasteiger charge is 2.33. The molecule has 4 nitrogen and oxygen atoms in total. The smallest absolute Gasteiger partial charge is 0.262 e. The van der Waals surface area contributed by atoms with Gasteiger partial charge >= 0.3 is 0 Å². The van der Waals surface area contributed by atoms with E-state index in [-0.39, 0.29) is 31.9 Å². The zero-order valence-electron chi connectivity index (χ0n) is 10.6. The fraction of sp³-hybridized carbons (Fsp3) is 0.417. The molecule has 0 bridgehead atoms. The predicted octanol–water partition coefficient (Wildman–Crippen LogP) is 3.65. The molecule has 0 unspecified atom stereocenters. The van der Waals surface area contributed by atoms with Gasteiger partial charge in [-0.25, -0.2) is 8.42 Å². The third-order valence-electron chi connectivity index (χ3n) is 3.10. The van der Waals surface area contributed by atoms with Crippen molar-refractivity contribution in [2.45, 2.75) is 30.7 Å². The summed E-state index contributed by atoms with van der Waals surface area (Å²) in [7, 11) is 1.41. The molecule has 8 heteroatoms. The third-order valence-corrected chi connectivity index (χ3v) is 5.70. The van der Waals surface area contributed by atoms with Crippen LogP contribution in [0.4, 0.5) is 0 Å². The molecule has 1 fully saturated rings.